The molecule has 0 amide bonds. The fourth-order valence-corrected chi connectivity index (χ4v) is 1.95. The Morgan fingerprint density at radius 1 is 1.06 bits per heavy atom. The summed E-state index contributed by atoms with van der Waals surface area (Å²) in [6.45, 7) is 0. The lowest BCUT2D eigenvalue weighted by molar-refractivity contribution is 0.110. The van der Waals surface area contributed by atoms with Crippen LogP contribution in [0.25, 0.3) is 22.2 Å². The number of nitrogens with one attached hydrogen (secondary N) is 1. The molecule has 0 bridgehead atoms. The van der Waals surface area contributed by atoms with E-state index in [9.17, 15) is 9.59 Å². The second kappa shape index (κ2) is 4.00. The topological polar surface area (TPSA) is 63.1 Å². The molecule has 0 saturated carbocycles. The van der Waals surface area contributed by atoms with E-state index in [2.05, 4.69) is 4.98 Å². The Labute approximate surface area is 102 Å². The van der Waals surface area contributed by atoms with Crippen LogP contribution < -0.4 is 5.56 Å². The Bertz CT molecular complexity index is 783. The van der Waals surface area contributed by atoms with Crippen molar-refractivity contribution in [1.82, 2.24) is 4.98 Å². The van der Waals surface area contributed by atoms with Crippen molar-refractivity contribution < 1.29 is 9.21 Å². The zero-order chi connectivity index (χ0) is 12.5. The van der Waals surface area contributed by atoms with Gasteiger partial charge in [-0.1, -0.05) is 12.1 Å². The number of carbonyl (C=O) groups is 1. The summed E-state index contributed by atoms with van der Waals surface area (Å²) in [6.07, 6.45) is 0.650. The molecule has 0 unspecified atom stereocenters. The predicted molar refractivity (Wildman–Crippen MR) is 67.7 cm³/mol. The lowest BCUT2D eigenvalue weighted by atomic mass is 10.1. The molecule has 1 aromatic carbocycles. The number of hydrogen-bond acceptors (Lipinski definition) is 3. The highest BCUT2D eigenvalue weighted by atomic mass is 16.3. The van der Waals surface area contributed by atoms with E-state index in [1.807, 2.05) is 18.2 Å². The minimum absolute atomic E-state index is 0.169. The van der Waals surface area contributed by atoms with Gasteiger partial charge in [-0.2, -0.15) is 0 Å². The van der Waals surface area contributed by atoms with Crippen molar-refractivity contribution in [3.05, 3.63) is 58.6 Å². The molecule has 0 atom stereocenters. The maximum Gasteiger partial charge on any atom is 0.248 e. The first-order chi connectivity index (χ1) is 8.78. The average molecular weight is 239 g/mol. The van der Waals surface area contributed by atoms with Crippen molar-refractivity contribution in [3.8, 4) is 11.3 Å². The summed E-state index contributed by atoms with van der Waals surface area (Å²) in [4.78, 5) is 24.8. The number of aromatic amines is 1. The largest absolute Gasteiger partial charge is 0.453 e. The van der Waals surface area contributed by atoms with Crippen molar-refractivity contribution in [2.75, 3.05) is 0 Å². The van der Waals surface area contributed by atoms with Crippen LogP contribution in [0.2, 0.25) is 0 Å². The van der Waals surface area contributed by atoms with Crippen LogP contribution in [0, 0.1) is 0 Å². The summed E-state index contributed by atoms with van der Waals surface area (Å²) in [5.74, 6) is 0.824. The monoisotopic (exact) mass is 239 g/mol. The normalized spacial score (nSPS) is 10.7. The second-order valence-electron chi connectivity index (χ2n) is 3.91. The van der Waals surface area contributed by atoms with E-state index in [1.54, 1.807) is 18.2 Å². The Hall–Kier alpha value is -2.62. The SMILES string of the molecule is O=Cc1ccc(-c2cccc3ccc(=O)[nH]c23)o1. The summed E-state index contributed by atoms with van der Waals surface area (Å²) in [5.41, 5.74) is 1.30. The molecule has 0 aliphatic heterocycles. The molecule has 0 aliphatic carbocycles. The lowest BCUT2D eigenvalue weighted by Gasteiger charge is -2.02. The lowest BCUT2D eigenvalue weighted by Crippen LogP contribution is -2.02. The Morgan fingerprint density at radius 2 is 1.94 bits per heavy atom. The van der Waals surface area contributed by atoms with Gasteiger partial charge >= 0.3 is 0 Å². The number of carbonyl (C=O) groups excluding carboxylic acids is 1. The molecule has 1 N–H and O–H groups in total. The van der Waals surface area contributed by atoms with Crippen LogP contribution in [0.15, 0.2) is 51.7 Å². The van der Waals surface area contributed by atoms with Gasteiger partial charge in [-0.25, -0.2) is 0 Å². The molecule has 4 heteroatoms. The van der Waals surface area contributed by atoms with Crippen molar-refractivity contribution in [1.29, 1.82) is 0 Å². The van der Waals surface area contributed by atoms with Crippen molar-refractivity contribution in [2.24, 2.45) is 0 Å². The van der Waals surface area contributed by atoms with Crippen molar-refractivity contribution in [3.63, 3.8) is 0 Å². The number of H-pyrrole nitrogens is 1. The smallest absolute Gasteiger partial charge is 0.248 e. The summed E-state index contributed by atoms with van der Waals surface area (Å²) in [7, 11) is 0. The fourth-order valence-electron chi connectivity index (χ4n) is 1.95. The van der Waals surface area contributed by atoms with Gasteiger partial charge in [-0.3, -0.25) is 9.59 Å². The minimum Gasteiger partial charge on any atom is -0.453 e. The van der Waals surface area contributed by atoms with Crippen molar-refractivity contribution in [2.45, 2.75) is 0 Å². The first kappa shape index (κ1) is 10.5. The van der Waals surface area contributed by atoms with Gasteiger partial charge in [0.2, 0.25) is 5.56 Å². The van der Waals surface area contributed by atoms with E-state index in [4.69, 9.17) is 4.42 Å². The third-order valence-corrected chi connectivity index (χ3v) is 2.77. The molecular weight excluding hydrogens is 230 g/mol. The third-order valence-electron chi connectivity index (χ3n) is 2.77. The molecule has 2 aromatic heterocycles. The van der Waals surface area contributed by atoms with Crippen molar-refractivity contribution >= 4 is 17.2 Å². The zero-order valence-corrected chi connectivity index (χ0v) is 9.34. The number of pyridine rings is 1. The van der Waals surface area contributed by atoms with Crippen LogP contribution in [0.5, 0.6) is 0 Å². The van der Waals surface area contributed by atoms with Crippen LogP contribution in [0.4, 0.5) is 0 Å². The molecule has 0 fully saturated rings. The standard InChI is InChI=1S/C14H9NO3/c16-8-10-5-6-12(18-10)11-3-1-2-9-4-7-13(17)15-14(9)11/h1-8H,(H,15,17). The quantitative estimate of drug-likeness (QED) is 0.699. The number of hydrogen-bond donors (Lipinski definition) is 1. The van der Waals surface area contributed by atoms with Crippen LogP contribution >= 0.6 is 0 Å². The van der Waals surface area contributed by atoms with Crippen LogP contribution in [-0.4, -0.2) is 11.3 Å². The molecule has 2 heterocycles. The van der Waals surface area contributed by atoms with Gasteiger partial charge in [0.05, 0.1) is 5.52 Å². The number of furan rings is 1. The van der Waals surface area contributed by atoms with Crippen LogP contribution in [0.3, 0.4) is 0 Å². The number of benzene rings is 1. The molecular formula is C14H9NO3. The van der Waals surface area contributed by atoms with Crippen LogP contribution in [-0.2, 0) is 0 Å². The number of para-hydroxylation sites is 1. The average Bonchev–Trinajstić information content (AvgIpc) is 2.86. The van der Waals surface area contributed by atoms with Gasteiger partial charge in [0, 0.05) is 11.6 Å². The van der Waals surface area contributed by atoms with E-state index in [0.717, 1.165) is 10.9 Å². The van der Waals surface area contributed by atoms with Gasteiger partial charge in [-0.15, -0.1) is 0 Å². The highest BCUT2D eigenvalue weighted by molar-refractivity contribution is 5.92. The molecule has 3 aromatic rings. The highest BCUT2D eigenvalue weighted by Gasteiger charge is 2.08. The van der Waals surface area contributed by atoms with E-state index < -0.39 is 0 Å². The summed E-state index contributed by atoms with van der Waals surface area (Å²) < 4.78 is 5.38. The van der Waals surface area contributed by atoms with Crippen LogP contribution in [0.1, 0.15) is 10.6 Å². The Kier molecular flexibility index (Phi) is 2.34. The molecule has 0 spiro atoms. The first-order valence-electron chi connectivity index (χ1n) is 5.45. The molecule has 3 rings (SSSR count). The fraction of sp³-hybridized carbons (Fsp3) is 0. The van der Waals surface area contributed by atoms with Gasteiger partial charge in [-0.05, 0) is 29.7 Å². The maximum atomic E-state index is 11.4. The summed E-state index contributed by atoms with van der Waals surface area (Å²) in [5, 5.41) is 0.913. The Morgan fingerprint density at radius 3 is 2.72 bits per heavy atom. The van der Waals surface area contributed by atoms with E-state index >= 15 is 0 Å². The number of fused-ring (bicyclic) bond motifs is 1. The van der Waals surface area contributed by atoms with E-state index in [0.29, 0.717) is 17.6 Å². The molecule has 88 valence electrons. The number of aromatic nitrogens is 1. The number of aldehydes is 1. The second-order valence-corrected chi connectivity index (χ2v) is 3.91. The number of rotatable bonds is 2. The van der Waals surface area contributed by atoms with Gasteiger partial charge in [0.1, 0.15) is 5.76 Å². The molecule has 0 radical (unpaired) electrons. The van der Waals surface area contributed by atoms with Gasteiger partial charge in [0.15, 0.2) is 12.0 Å². The van der Waals surface area contributed by atoms with Gasteiger partial charge < -0.3 is 9.40 Å². The third kappa shape index (κ3) is 1.64. The molecule has 0 aliphatic rings. The maximum absolute atomic E-state index is 11.4. The highest BCUT2D eigenvalue weighted by Crippen LogP contribution is 2.27. The predicted octanol–water partition coefficient (Wildman–Crippen LogP) is 2.60. The Balaban J connectivity index is 2.31. The first-order valence-corrected chi connectivity index (χ1v) is 5.45. The van der Waals surface area contributed by atoms with E-state index in [1.165, 1.54) is 6.07 Å². The minimum atomic E-state index is -0.169. The van der Waals surface area contributed by atoms with E-state index in [-0.39, 0.29) is 11.3 Å². The summed E-state index contributed by atoms with van der Waals surface area (Å²) >= 11 is 0. The summed E-state index contributed by atoms with van der Waals surface area (Å²) in [6, 6.07) is 12.2. The molecule has 0 saturated heterocycles. The zero-order valence-electron chi connectivity index (χ0n) is 9.34. The molecule has 18 heavy (non-hydrogen) atoms. The molecule has 4 nitrogen and oxygen atoms in total. The van der Waals surface area contributed by atoms with Gasteiger partial charge in [0.25, 0.3) is 0 Å².